The lowest BCUT2D eigenvalue weighted by Gasteiger charge is -2.16. The van der Waals surface area contributed by atoms with E-state index in [4.69, 9.17) is 33.7 Å². The van der Waals surface area contributed by atoms with E-state index in [1.165, 1.54) is 7.11 Å². The van der Waals surface area contributed by atoms with Crippen molar-refractivity contribution in [1.82, 2.24) is 5.32 Å². The van der Waals surface area contributed by atoms with Crippen molar-refractivity contribution in [2.75, 3.05) is 13.7 Å². The second-order valence-electron chi connectivity index (χ2n) is 3.50. The van der Waals surface area contributed by atoms with Crippen LogP contribution in [0.4, 0.5) is 0 Å². The smallest absolute Gasteiger partial charge is 0.234 e. The van der Waals surface area contributed by atoms with Crippen molar-refractivity contribution in [3.05, 3.63) is 27.7 Å². The molecule has 0 fully saturated rings. The fourth-order valence-electron chi connectivity index (χ4n) is 1.41. The van der Waals surface area contributed by atoms with Crippen LogP contribution >= 0.6 is 23.2 Å². The lowest BCUT2D eigenvalue weighted by Crippen LogP contribution is -2.32. The normalized spacial score (nSPS) is 12.1. The summed E-state index contributed by atoms with van der Waals surface area (Å²) in [5, 5.41) is 3.63. The highest BCUT2D eigenvalue weighted by Gasteiger charge is 2.14. The maximum atomic E-state index is 11.2. The molecule has 1 atom stereocenters. The molecule has 0 aliphatic carbocycles. The molecular weight excluding hydrogens is 263 g/mol. The van der Waals surface area contributed by atoms with Gasteiger partial charge in [-0.1, -0.05) is 23.2 Å². The number of amides is 1. The van der Waals surface area contributed by atoms with Crippen LogP contribution in [0.2, 0.25) is 10.0 Å². The number of nitrogens with one attached hydrogen (secondary N) is 1. The van der Waals surface area contributed by atoms with Crippen molar-refractivity contribution in [2.24, 2.45) is 5.73 Å². The minimum Gasteiger partial charge on any atom is -0.495 e. The average Bonchev–Trinajstić information content (AvgIpc) is 2.31. The van der Waals surface area contributed by atoms with E-state index in [2.05, 4.69) is 5.32 Å². The summed E-state index contributed by atoms with van der Waals surface area (Å²) in [6.07, 6.45) is 0. The summed E-state index contributed by atoms with van der Waals surface area (Å²) in [5.74, 6) is 0.248. The van der Waals surface area contributed by atoms with Gasteiger partial charge in [-0.25, -0.2) is 0 Å². The number of benzene rings is 1. The number of rotatable bonds is 4. The van der Waals surface area contributed by atoms with E-state index in [-0.39, 0.29) is 18.5 Å². The van der Waals surface area contributed by atoms with Crippen LogP contribution in [0.5, 0.6) is 5.75 Å². The first kappa shape index (κ1) is 14.1. The van der Waals surface area contributed by atoms with Gasteiger partial charge in [0.05, 0.1) is 24.7 Å². The molecule has 94 valence electrons. The topological polar surface area (TPSA) is 64.3 Å². The maximum absolute atomic E-state index is 11.2. The van der Waals surface area contributed by atoms with Crippen molar-refractivity contribution in [3.8, 4) is 5.75 Å². The van der Waals surface area contributed by atoms with Gasteiger partial charge >= 0.3 is 0 Å². The van der Waals surface area contributed by atoms with E-state index < -0.39 is 0 Å². The number of nitrogens with two attached hydrogens (primary N) is 1. The molecule has 3 N–H and O–H groups in total. The fraction of sp³-hybridized carbons (Fsp3) is 0.364. The van der Waals surface area contributed by atoms with Crippen LogP contribution in [0.1, 0.15) is 18.5 Å². The largest absolute Gasteiger partial charge is 0.495 e. The van der Waals surface area contributed by atoms with Gasteiger partial charge in [-0.3, -0.25) is 4.79 Å². The van der Waals surface area contributed by atoms with Gasteiger partial charge in [0, 0.05) is 11.1 Å². The van der Waals surface area contributed by atoms with Crippen molar-refractivity contribution in [1.29, 1.82) is 0 Å². The third-order valence-electron chi connectivity index (χ3n) is 2.30. The molecule has 0 aliphatic heterocycles. The summed E-state index contributed by atoms with van der Waals surface area (Å²) in [6, 6.07) is 3.02. The zero-order valence-corrected chi connectivity index (χ0v) is 11.1. The Morgan fingerprint density at radius 1 is 1.47 bits per heavy atom. The van der Waals surface area contributed by atoms with Crippen LogP contribution in [-0.2, 0) is 4.79 Å². The monoisotopic (exact) mass is 276 g/mol. The van der Waals surface area contributed by atoms with Gasteiger partial charge in [-0.2, -0.15) is 0 Å². The number of ether oxygens (including phenoxy) is 1. The third-order valence-corrected chi connectivity index (χ3v) is 2.92. The Morgan fingerprint density at radius 3 is 2.65 bits per heavy atom. The zero-order valence-electron chi connectivity index (χ0n) is 9.59. The van der Waals surface area contributed by atoms with Crippen molar-refractivity contribution < 1.29 is 9.53 Å². The fourth-order valence-corrected chi connectivity index (χ4v) is 1.98. The summed E-state index contributed by atoms with van der Waals surface area (Å²) in [4.78, 5) is 11.2. The molecule has 1 rings (SSSR count). The molecule has 1 aromatic carbocycles. The average molecular weight is 277 g/mol. The Balaban J connectivity index is 2.98. The molecular formula is C11H14Cl2N2O2. The zero-order chi connectivity index (χ0) is 13.0. The number of halogens is 2. The third kappa shape index (κ3) is 3.49. The predicted molar refractivity (Wildman–Crippen MR) is 68.6 cm³/mol. The minimum atomic E-state index is -0.262. The summed E-state index contributed by atoms with van der Waals surface area (Å²) in [6.45, 7) is 1.74. The second-order valence-corrected chi connectivity index (χ2v) is 4.32. The molecule has 1 aromatic rings. The Hall–Kier alpha value is -0.970. The SMILES string of the molecule is COc1cc(Cl)c(C(C)NC(=O)CN)cc1Cl. The van der Waals surface area contributed by atoms with Gasteiger partial charge in [0.2, 0.25) is 5.91 Å². The molecule has 0 aliphatic rings. The van der Waals surface area contributed by atoms with Gasteiger partial charge in [-0.15, -0.1) is 0 Å². The van der Waals surface area contributed by atoms with Crippen LogP contribution < -0.4 is 15.8 Å². The molecule has 0 radical (unpaired) electrons. The first-order valence-electron chi connectivity index (χ1n) is 5.02. The molecule has 0 aromatic heterocycles. The molecule has 0 spiro atoms. The number of hydrogen-bond donors (Lipinski definition) is 2. The predicted octanol–water partition coefficient (Wildman–Crippen LogP) is 2.14. The van der Waals surface area contributed by atoms with Gasteiger partial charge in [-0.05, 0) is 18.6 Å². The Bertz CT molecular complexity index is 424. The van der Waals surface area contributed by atoms with Crippen LogP contribution in [0.15, 0.2) is 12.1 Å². The van der Waals surface area contributed by atoms with Crippen molar-refractivity contribution in [3.63, 3.8) is 0 Å². The standard InChI is InChI=1S/C11H14Cl2N2O2/c1-6(15-11(16)5-14)7-3-9(13)10(17-2)4-8(7)12/h3-4,6H,5,14H2,1-2H3,(H,15,16). The first-order valence-corrected chi connectivity index (χ1v) is 5.77. The van der Waals surface area contributed by atoms with Crippen molar-refractivity contribution >= 4 is 29.1 Å². The van der Waals surface area contributed by atoms with E-state index >= 15 is 0 Å². The minimum absolute atomic E-state index is 0.0636. The van der Waals surface area contributed by atoms with Crippen molar-refractivity contribution in [2.45, 2.75) is 13.0 Å². The van der Waals surface area contributed by atoms with E-state index in [1.807, 2.05) is 0 Å². The highest BCUT2D eigenvalue weighted by atomic mass is 35.5. The molecule has 1 amide bonds. The maximum Gasteiger partial charge on any atom is 0.234 e. The summed E-state index contributed by atoms with van der Waals surface area (Å²) in [7, 11) is 1.51. The number of methoxy groups -OCH3 is 1. The van der Waals surface area contributed by atoms with Crippen LogP contribution in [0.3, 0.4) is 0 Å². The summed E-state index contributed by atoms with van der Waals surface area (Å²) < 4.78 is 5.04. The lowest BCUT2D eigenvalue weighted by atomic mass is 10.1. The van der Waals surface area contributed by atoms with Gasteiger partial charge in [0.25, 0.3) is 0 Å². The molecule has 17 heavy (non-hydrogen) atoms. The summed E-state index contributed by atoms with van der Waals surface area (Å²) in [5.41, 5.74) is 5.94. The lowest BCUT2D eigenvalue weighted by molar-refractivity contribution is -0.120. The highest BCUT2D eigenvalue weighted by Crippen LogP contribution is 2.33. The molecule has 4 nitrogen and oxygen atoms in total. The van der Waals surface area contributed by atoms with E-state index in [0.717, 1.165) is 5.56 Å². The second kappa shape index (κ2) is 6.10. The van der Waals surface area contributed by atoms with Crippen LogP contribution in [-0.4, -0.2) is 19.6 Å². The van der Waals surface area contributed by atoms with E-state index in [1.54, 1.807) is 19.1 Å². The molecule has 0 saturated heterocycles. The molecule has 1 unspecified atom stereocenters. The van der Waals surface area contributed by atoms with Crippen LogP contribution in [0, 0.1) is 0 Å². The van der Waals surface area contributed by atoms with Gasteiger partial charge in [0.1, 0.15) is 5.75 Å². The number of hydrogen-bond acceptors (Lipinski definition) is 3. The van der Waals surface area contributed by atoms with Crippen LogP contribution in [0.25, 0.3) is 0 Å². The van der Waals surface area contributed by atoms with E-state index in [0.29, 0.717) is 15.8 Å². The molecule has 6 heteroatoms. The Labute approximate surface area is 110 Å². The first-order chi connectivity index (χ1) is 7.99. The van der Waals surface area contributed by atoms with Gasteiger partial charge in [0.15, 0.2) is 0 Å². The summed E-state index contributed by atoms with van der Waals surface area (Å²) >= 11 is 12.1. The van der Waals surface area contributed by atoms with Gasteiger partial charge < -0.3 is 15.8 Å². The number of carbonyl (C=O) groups is 1. The quantitative estimate of drug-likeness (QED) is 0.886. The Morgan fingerprint density at radius 2 is 2.12 bits per heavy atom. The highest BCUT2D eigenvalue weighted by molar-refractivity contribution is 6.34. The molecule has 0 heterocycles. The van der Waals surface area contributed by atoms with E-state index in [9.17, 15) is 4.79 Å². The molecule has 0 saturated carbocycles. The Kier molecular flexibility index (Phi) is 5.05. The molecule has 0 bridgehead atoms. The number of carbonyl (C=O) groups excluding carboxylic acids is 1.